The van der Waals surface area contributed by atoms with Crippen molar-refractivity contribution in [1.82, 2.24) is 0 Å². The fourth-order valence-corrected chi connectivity index (χ4v) is 1.59. The van der Waals surface area contributed by atoms with Gasteiger partial charge >= 0.3 is 0 Å². The van der Waals surface area contributed by atoms with E-state index in [-0.39, 0.29) is 0 Å². The lowest BCUT2D eigenvalue weighted by Crippen LogP contribution is -2.04. The molecule has 0 spiro atoms. The number of fused-ring (bicyclic) bond motifs is 1. The molecule has 1 aliphatic rings. The van der Waals surface area contributed by atoms with Gasteiger partial charge in [-0.1, -0.05) is 24.3 Å². The highest BCUT2D eigenvalue weighted by Gasteiger charge is 2.16. The number of benzene rings is 1. The molecular weight excluding hydrogens is 180 g/mol. The quantitative estimate of drug-likeness (QED) is 0.503. The summed E-state index contributed by atoms with van der Waals surface area (Å²) in [5.74, 6) is 0. The summed E-state index contributed by atoms with van der Waals surface area (Å²) in [6.07, 6.45) is 2.29. The van der Waals surface area contributed by atoms with E-state index in [9.17, 15) is 0 Å². The van der Waals surface area contributed by atoms with Crippen molar-refractivity contribution in [3.05, 3.63) is 45.5 Å². The minimum atomic E-state index is -0.500. The molecule has 1 aromatic carbocycles. The lowest BCUT2D eigenvalue weighted by atomic mass is 10.1. The third-order valence-corrected chi connectivity index (χ3v) is 2.18. The smallest absolute Gasteiger partial charge is 0.194 e. The van der Waals surface area contributed by atoms with Gasteiger partial charge in [-0.2, -0.15) is 0 Å². The first-order valence-electron chi connectivity index (χ1n) is 4.52. The molecule has 0 heterocycles. The van der Waals surface area contributed by atoms with Crippen LogP contribution in [0.5, 0.6) is 0 Å². The van der Waals surface area contributed by atoms with Crippen molar-refractivity contribution < 1.29 is 4.92 Å². The van der Waals surface area contributed by atoms with Gasteiger partial charge in [0.25, 0.3) is 0 Å². The van der Waals surface area contributed by atoms with Crippen LogP contribution in [0.1, 0.15) is 23.6 Å². The summed E-state index contributed by atoms with van der Waals surface area (Å²) in [6.45, 7) is 0. The van der Waals surface area contributed by atoms with Crippen LogP contribution in [0.4, 0.5) is 0 Å². The molecule has 0 fully saturated rings. The van der Waals surface area contributed by atoms with E-state index in [0.29, 0.717) is 6.04 Å². The largest absolute Gasteiger partial charge is 0.324 e. The highest BCUT2D eigenvalue weighted by atomic mass is 16.6. The second-order valence-electron chi connectivity index (χ2n) is 3.28. The van der Waals surface area contributed by atoms with Crippen LogP contribution in [0, 0.1) is 10.1 Å². The summed E-state index contributed by atoms with van der Waals surface area (Å²) >= 11 is 0. The Balaban J connectivity index is 0.000000213. The Morgan fingerprint density at radius 3 is 2.64 bits per heavy atom. The molecule has 0 saturated heterocycles. The van der Waals surface area contributed by atoms with Gasteiger partial charge in [0.15, 0.2) is 7.05 Å². The molecule has 1 aromatic rings. The van der Waals surface area contributed by atoms with Crippen molar-refractivity contribution in [3.63, 3.8) is 0 Å². The van der Waals surface area contributed by atoms with E-state index in [1.165, 1.54) is 11.1 Å². The second kappa shape index (κ2) is 4.72. The molecule has 1 unspecified atom stereocenters. The van der Waals surface area contributed by atoms with Gasteiger partial charge < -0.3 is 5.73 Å². The second-order valence-corrected chi connectivity index (χ2v) is 3.28. The maximum atomic E-state index is 8.81. The van der Waals surface area contributed by atoms with Gasteiger partial charge in [-0.25, -0.2) is 0 Å². The number of hydrogen-bond acceptors (Lipinski definition) is 3. The summed E-state index contributed by atoms with van der Waals surface area (Å²) in [4.78, 5) is 8.31. The third kappa shape index (κ3) is 2.81. The van der Waals surface area contributed by atoms with Crippen molar-refractivity contribution in [3.8, 4) is 0 Å². The molecular formula is C10H14N2O2. The average molecular weight is 194 g/mol. The van der Waals surface area contributed by atoms with Crippen LogP contribution in [-0.2, 0) is 6.42 Å². The number of hydrogen-bond donors (Lipinski definition) is 1. The molecule has 0 radical (unpaired) electrons. The van der Waals surface area contributed by atoms with Crippen molar-refractivity contribution in [2.45, 2.75) is 18.9 Å². The molecule has 0 bridgehead atoms. The zero-order valence-corrected chi connectivity index (χ0v) is 8.14. The summed E-state index contributed by atoms with van der Waals surface area (Å²) in [5, 5.41) is 8.81. The number of rotatable bonds is 0. The van der Waals surface area contributed by atoms with Crippen LogP contribution in [0.2, 0.25) is 0 Å². The van der Waals surface area contributed by atoms with Crippen LogP contribution < -0.4 is 5.73 Å². The fraction of sp³-hybridized carbons (Fsp3) is 0.400. The highest BCUT2D eigenvalue weighted by molar-refractivity contribution is 5.33. The molecule has 0 aromatic heterocycles. The van der Waals surface area contributed by atoms with E-state index >= 15 is 0 Å². The predicted molar refractivity (Wildman–Crippen MR) is 54.6 cm³/mol. The lowest BCUT2D eigenvalue weighted by molar-refractivity contribution is -0.445. The molecule has 0 amide bonds. The van der Waals surface area contributed by atoms with E-state index in [0.717, 1.165) is 19.9 Å². The molecule has 0 aliphatic heterocycles. The molecule has 1 atom stereocenters. The van der Waals surface area contributed by atoms with Gasteiger partial charge in [0.05, 0.1) is 0 Å². The van der Waals surface area contributed by atoms with Gasteiger partial charge in [-0.15, -0.1) is 0 Å². The van der Waals surface area contributed by atoms with Crippen molar-refractivity contribution in [2.75, 3.05) is 7.05 Å². The Morgan fingerprint density at radius 1 is 1.50 bits per heavy atom. The molecule has 2 N–H and O–H groups in total. The van der Waals surface area contributed by atoms with Crippen LogP contribution >= 0.6 is 0 Å². The molecule has 1 aliphatic carbocycles. The Bertz CT molecular complexity index is 322. The van der Waals surface area contributed by atoms with Crippen LogP contribution in [0.3, 0.4) is 0 Å². The van der Waals surface area contributed by atoms with Crippen LogP contribution in [-0.4, -0.2) is 12.0 Å². The van der Waals surface area contributed by atoms with Gasteiger partial charge in [-0.05, 0) is 24.0 Å². The Morgan fingerprint density at radius 2 is 2.07 bits per heavy atom. The number of nitrogens with two attached hydrogens (primary N) is 1. The lowest BCUT2D eigenvalue weighted by Gasteiger charge is -2.01. The molecule has 4 heteroatoms. The van der Waals surface area contributed by atoms with Gasteiger partial charge in [0.2, 0.25) is 0 Å². The SMILES string of the molecule is C[N+](=O)[O-].NC1CCc2ccccc21. The number of aryl methyl sites for hydroxylation is 1. The van der Waals surface area contributed by atoms with E-state index in [4.69, 9.17) is 15.8 Å². The van der Waals surface area contributed by atoms with E-state index in [1.807, 2.05) is 0 Å². The van der Waals surface area contributed by atoms with E-state index in [1.54, 1.807) is 0 Å². The van der Waals surface area contributed by atoms with Crippen LogP contribution in [0.25, 0.3) is 0 Å². The Kier molecular flexibility index (Phi) is 3.59. The summed E-state index contributed by atoms with van der Waals surface area (Å²) in [7, 11) is 0.889. The molecule has 0 saturated carbocycles. The van der Waals surface area contributed by atoms with Crippen molar-refractivity contribution in [1.29, 1.82) is 0 Å². The van der Waals surface area contributed by atoms with Gasteiger partial charge in [0.1, 0.15) is 0 Å². The molecule has 76 valence electrons. The fourth-order valence-electron chi connectivity index (χ4n) is 1.59. The highest BCUT2D eigenvalue weighted by Crippen LogP contribution is 2.28. The van der Waals surface area contributed by atoms with Gasteiger partial charge in [0, 0.05) is 11.0 Å². The normalized spacial score (nSPS) is 18.0. The van der Waals surface area contributed by atoms with Crippen molar-refractivity contribution >= 4 is 0 Å². The summed E-state index contributed by atoms with van der Waals surface area (Å²) < 4.78 is 0. The predicted octanol–water partition coefficient (Wildman–Crippen LogP) is 1.53. The standard InChI is InChI=1S/C9H11N.CH3NO2/c10-9-6-5-7-3-1-2-4-8(7)9;1-2(3)4/h1-4,9H,5-6,10H2;1H3. The molecule has 2 rings (SSSR count). The van der Waals surface area contributed by atoms with Crippen LogP contribution in [0.15, 0.2) is 24.3 Å². The Hall–Kier alpha value is -1.42. The summed E-state index contributed by atoms with van der Waals surface area (Å²) in [5.41, 5.74) is 8.64. The topological polar surface area (TPSA) is 69.2 Å². The maximum absolute atomic E-state index is 8.81. The monoisotopic (exact) mass is 194 g/mol. The minimum Gasteiger partial charge on any atom is -0.324 e. The van der Waals surface area contributed by atoms with Crippen molar-refractivity contribution in [2.24, 2.45) is 5.73 Å². The molecule has 14 heavy (non-hydrogen) atoms. The maximum Gasteiger partial charge on any atom is 0.194 e. The average Bonchev–Trinajstić information content (AvgIpc) is 2.48. The zero-order chi connectivity index (χ0) is 10.6. The Labute approximate surface area is 82.9 Å². The number of nitrogens with zero attached hydrogens (tertiary/aromatic N) is 1. The van der Waals surface area contributed by atoms with Gasteiger partial charge in [-0.3, -0.25) is 10.1 Å². The third-order valence-electron chi connectivity index (χ3n) is 2.18. The number of nitro groups is 1. The summed E-state index contributed by atoms with van der Waals surface area (Å²) in [6, 6.07) is 8.74. The first-order chi connectivity index (χ1) is 6.61. The zero-order valence-electron chi connectivity index (χ0n) is 8.14. The van der Waals surface area contributed by atoms with E-state index in [2.05, 4.69) is 24.3 Å². The first kappa shape index (κ1) is 10.7. The first-order valence-corrected chi connectivity index (χ1v) is 4.52. The molecule has 4 nitrogen and oxygen atoms in total. The minimum absolute atomic E-state index is 0.302. The van der Waals surface area contributed by atoms with E-state index < -0.39 is 4.92 Å².